The average molecular weight is 331 g/mol. The zero-order chi connectivity index (χ0) is 17.7. The highest BCUT2D eigenvalue weighted by Crippen LogP contribution is 2.32. The van der Waals surface area contributed by atoms with Gasteiger partial charge in [0.2, 0.25) is 0 Å². The molecule has 0 radical (unpaired) electrons. The number of carbonyl (C=O) groups is 1. The number of ether oxygens (including phenoxy) is 2. The molecule has 0 bridgehead atoms. The molecule has 0 aromatic heterocycles. The molecule has 2 aromatic carbocycles. The predicted molar refractivity (Wildman–Crippen MR) is 91.3 cm³/mol. The van der Waals surface area contributed by atoms with Gasteiger partial charge in [0.05, 0.1) is 14.2 Å². The fourth-order valence-corrected chi connectivity index (χ4v) is 2.36. The van der Waals surface area contributed by atoms with Gasteiger partial charge < -0.3 is 14.8 Å². The minimum atomic E-state index is -0.364. The Balaban J connectivity index is 2.10. The summed E-state index contributed by atoms with van der Waals surface area (Å²) in [5.74, 6) is 0.709. The van der Waals surface area contributed by atoms with Gasteiger partial charge in [-0.05, 0) is 42.0 Å². The van der Waals surface area contributed by atoms with Gasteiger partial charge in [-0.3, -0.25) is 4.79 Å². The molecule has 0 unspecified atom stereocenters. The van der Waals surface area contributed by atoms with Crippen molar-refractivity contribution < 1.29 is 18.7 Å². The van der Waals surface area contributed by atoms with Gasteiger partial charge in [0.15, 0.2) is 11.5 Å². The molecule has 128 valence electrons. The Labute approximate surface area is 141 Å². The van der Waals surface area contributed by atoms with Crippen molar-refractivity contribution in [2.24, 2.45) is 0 Å². The van der Waals surface area contributed by atoms with Crippen LogP contribution >= 0.6 is 0 Å². The maximum absolute atomic E-state index is 12.9. The van der Waals surface area contributed by atoms with Gasteiger partial charge >= 0.3 is 0 Å². The maximum atomic E-state index is 12.9. The van der Waals surface area contributed by atoms with Crippen LogP contribution in [-0.2, 0) is 5.41 Å². The Morgan fingerprint density at radius 2 is 1.67 bits per heavy atom. The van der Waals surface area contributed by atoms with Crippen LogP contribution in [0.1, 0.15) is 29.8 Å². The molecule has 0 aliphatic heterocycles. The van der Waals surface area contributed by atoms with E-state index in [1.54, 1.807) is 14.2 Å². The number of benzene rings is 2. The van der Waals surface area contributed by atoms with Crippen molar-refractivity contribution in [3.8, 4) is 11.5 Å². The number of amides is 1. The number of rotatable bonds is 6. The van der Waals surface area contributed by atoms with Crippen LogP contribution in [0.4, 0.5) is 4.39 Å². The van der Waals surface area contributed by atoms with Crippen LogP contribution in [0.2, 0.25) is 0 Å². The van der Waals surface area contributed by atoms with Crippen LogP contribution in [0, 0.1) is 5.82 Å². The van der Waals surface area contributed by atoms with Gasteiger partial charge in [0, 0.05) is 17.5 Å². The van der Waals surface area contributed by atoms with E-state index < -0.39 is 0 Å². The first-order valence-electron chi connectivity index (χ1n) is 7.63. The molecule has 2 rings (SSSR count). The Bertz CT molecular complexity index is 711. The Hall–Kier alpha value is -2.56. The highest BCUT2D eigenvalue weighted by molar-refractivity contribution is 5.94. The van der Waals surface area contributed by atoms with Crippen LogP contribution in [0.3, 0.4) is 0 Å². The molecule has 0 spiro atoms. The summed E-state index contributed by atoms with van der Waals surface area (Å²) in [6.07, 6.45) is 0. The Kier molecular flexibility index (Phi) is 5.44. The first kappa shape index (κ1) is 17.8. The molecule has 0 saturated carbocycles. The molecule has 4 nitrogen and oxygen atoms in total. The summed E-state index contributed by atoms with van der Waals surface area (Å²) in [7, 11) is 3.18. The number of nitrogens with one attached hydrogen (secondary N) is 1. The minimum absolute atomic E-state index is 0.233. The molecule has 2 aromatic rings. The largest absolute Gasteiger partial charge is 0.493 e. The van der Waals surface area contributed by atoms with E-state index in [9.17, 15) is 9.18 Å². The van der Waals surface area contributed by atoms with E-state index in [4.69, 9.17) is 9.47 Å². The molecule has 0 fully saturated rings. The molecule has 24 heavy (non-hydrogen) atoms. The number of hydrogen-bond donors (Lipinski definition) is 1. The number of methoxy groups -OCH3 is 2. The van der Waals surface area contributed by atoms with E-state index in [2.05, 4.69) is 5.32 Å². The van der Waals surface area contributed by atoms with Gasteiger partial charge in [-0.15, -0.1) is 0 Å². The lowest BCUT2D eigenvalue weighted by Crippen LogP contribution is -2.36. The standard InChI is InChI=1S/C19H22FNO3/c1-19(2,14-7-10-16(23-3)17(11-14)24-4)12-21-18(22)13-5-8-15(20)9-6-13/h5-11H,12H2,1-4H3,(H,21,22). The molecule has 0 aliphatic rings. The summed E-state index contributed by atoms with van der Waals surface area (Å²) in [5, 5.41) is 2.89. The van der Waals surface area contributed by atoms with Crippen LogP contribution in [0.15, 0.2) is 42.5 Å². The topological polar surface area (TPSA) is 47.6 Å². The van der Waals surface area contributed by atoms with E-state index in [0.717, 1.165) is 5.56 Å². The molecule has 5 heteroatoms. The molecule has 1 N–H and O–H groups in total. The number of hydrogen-bond acceptors (Lipinski definition) is 3. The monoisotopic (exact) mass is 331 g/mol. The summed E-state index contributed by atoms with van der Waals surface area (Å²) in [6, 6.07) is 11.2. The first-order valence-corrected chi connectivity index (χ1v) is 7.63. The predicted octanol–water partition coefficient (Wildman–Crippen LogP) is 3.55. The molecule has 0 heterocycles. The summed E-state index contributed by atoms with van der Waals surface area (Å²) in [4.78, 5) is 12.2. The Morgan fingerprint density at radius 3 is 2.25 bits per heavy atom. The summed E-state index contributed by atoms with van der Waals surface area (Å²) < 4.78 is 23.5. The van der Waals surface area contributed by atoms with Gasteiger partial charge in [0.25, 0.3) is 5.91 Å². The summed E-state index contributed by atoms with van der Waals surface area (Å²) in [5.41, 5.74) is 1.13. The number of carbonyl (C=O) groups excluding carboxylic acids is 1. The quantitative estimate of drug-likeness (QED) is 0.880. The lowest BCUT2D eigenvalue weighted by atomic mass is 9.84. The van der Waals surface area contributed by atoms with Crippen molar-refractivity contribution in [2.75, 3.05) is 20.8 Å². The van der Waals surface area contributed by atoms with E-state index in [1.165, 1.54) is 24.3 Å². The molecule has 0 saturated heterocycles. The third-order valence-electron chi connectivity index (χ3n) is 3.96. The lowest BCUT2D eigenvalue weighted by Gasteiger charge is -2.26. The van der Waals surface area contributed by atoms with Gasteiger partial charge in [-0.1, -0.05) is 19.9 Å². The summed E-state index contributed by atoms with van der Waals surface area (Å²) >= 11 is 0. The fraction of sp³-hybridized carbons (Fsp3) is 0.316. The van der Waals surface area contributed by atoms with Crippen LogP contribution in [-0.4, -0.2) is 26.7 Å². The highest BCUT2D eigenvalue weighted by Gasteiger charge is 2.23. The smallest absolute Gasteiger partial charge is 0.251 e. The summed E-state index contributed by atoms with van der Waals surface area (Å²) in [6.45, 7) is 4.48. The molecule has 0 atom stereocenters. The van der Waals surface area contributed by atoms with Crippen LogP contribution in [0.25, 0.3) is 0 Å². The van der Waals surface area contributed by atoms with Crippen LogP contribution in [0.5, 0.6) is 11.5 Å². The zero-order valence-corrected chi connectivity index (χ0v) is 14.4. The van der Waals surface area contributed by atoms with E-state index in [0.29, 0.717) is 23.6 Å². The first-order chi connectivity index (χ1) is 11.4. The highest BCUT2D eigenvalue weighted by atomic mass is 19.1. The minimum Gasteiger partial charge on any atom is -0.493 e. The van der Waals surface area contributed by atoms with E-state index in [-0.39, 0.29) is 17.1 Å². The number of halogens is 1. The zero-order valence-electron chi connectivity index (χ0n) is 14.4. The van der Waals surface area contributed by atoms with Gasteiger partial charge in [-0.2, -0.15) is 0 Å². The van der Waals surface area contributed by atoms with E-state index in [1.807, 2.05) is 32.0 Å². The second kappa shape index (κ2) is 7.34. The van der Waals surface area contributed by atoms with Crippen molar-refractivity contribution in [1.82, 2.24) is 5.32 Å². The molecule has 1 amide bonds. The lowest BCUT2D eigenvalue weighted by molar-refractivity contribution is 0.0945. The van der Waals surface area contributed by atoms with Crippen molar-refractivity contribution in [3.63, 3.8) is 0 Å². The van der Waals surface area contributed by atoms with Crippen LogP contribution < -0.4 is 14.8 Å². The van der Waals surface area contributed by atoms with Crippen molar-refractivity contribution in [2.45, 2.75) is 19.3 Å². The third-order valence-corrected chi connectivity index (χ3v) is 3.96. The SMILES string of the molecule is COc1ccc(C(C)(C)CNC(=O)c2ccc(F)cc2)cc1OC. The van der Waals surface area contributed by atoms with Crippen molar-refractivity contribution in [3.05, 3.63) is 59.4 Å². The molecular formula is C19H22FNO3. The molecular weight excluding hydrogens is 309 g/mol. The third kappa shape index (κ3) is 4.04. The van der Waals surface area contributed by atoms with Crippen molar-refractivity contribution in [1.29, 1.82) is 0 Å². The maximum Gasteiger partial charge on any atom is 0.251 e. The average Bonchev–Trinajstić information content (AvgIpc) is 2.59. The van der Waals surface area contributed by atoms with Crippen molar-refractivity contribution >= 4 is 5.91 Å². The Morgan fingerprint density at radius 1 is 1.04 bits per heavy atom. The van der Waals surface area contributed by atoms with Gasteiger partial charge in [-0.25, -0.2) is 4.39 Å². The second-order valence-corrected chi connectivity index (χ2v) is 6.14. The normalized spacial score (nSPS) is 11.0. The second-order valence-electron chi connectivity index (χ2n) is 6.14. The van der Waals surface area contributed by atoms with E-state index >= 15 is 0 Å². The fourth-order valence-electron chi connectivity index (χ4n) is 2.36. The molecule has 0 aliphatic carbocycles. The van der Waals surface area contributed by atoms with Gasteiger partial charge in [0.1, 0.15) is 5.82 Å².